The lowest BCUT2D eigenvalue weighted by Crippen LogP contribution is -2.31. The van der Waals surface area contributed by atoms with Gasteiger partial charge in [0.1, 0.15) is 5.39 Å². The average molecular weight is 365 g/mol. The Hall–Kier alpha value is -2.96. The molecule has 0 saturated heterocycles. The molecule has 3 aromatic rings. The Balaban J connectivity index is 1.36. The van der Waals surface area contributed by atoms with Crippen molar-refractivity contribution < 1.29 is 4.79 Å². The second-order valence-corrected chi connectivity index (χ2v) is 7.09. The Morgan fingerprint density at radius 1 is 1.33 bits per heavy atom. The van der Waals surface area contributed by atoms with E-state index in [1.165, 1.54) is 28.2 Å². The topological polar surface area (TPSA) is 81.8 Å². The summed E-state index contributed by atoms with van der Waals surface area (Å²) >= 11 is 0. The second-order valence-electron chi connectivity index (χ2n) is 7.09. The largest absolute Gasteiger partial charge is 0.355 e. The fourth-order valence-electron chi connectivity index (χ4n) is 3.84. The van der Waals surface area contributed by atoms with E-state index in [9.17, 15) is 9.59 Å². The zero-order chi connectivity index (χ0) is 18.8. The highest BCUT2D eigenvalue weighted by molar-refractivity contribution is 5.76. The van der Waals surface area contributed by atoms with Crippen molar-refractivity contribution in [3.63, 3.8) is 0 Å². The van der Waals surface area contributed by atoms with E-state index in [-0.39, 0.29) is 17.9 Å². The summed E-state index contributed by atoms with van der Waals surface area (Å²) in [5.74, 6) is 0.325. The fraction of sp³-hybridized carbons (Fsp3) is 0.400. The van der Waals surface area contributed by atoms with Crippen LogP contribution in [0.1, 0.15) is 36.3 Å². The summed E-state index contributed by atoms with van der Waals surface area (Å²) in [7, 11) is 1.75. The van der Waals surface area contributed by atoms with Crippen LogP contribution in [0.5, 0.6) is 0 Å². The molecule has 1 aliphatic carbocycles. The van der Waals surface area contributed by atoms with Crippen molar-refractivity contribution in [3.05, 3.63) is 58.3 Å². The Labute approximate surface area is 157 Å². The maximum atomic E-state index is 12.4. The van der Waals surface area contributed by atoms with E-state index >= 15 is 0 Å². The zero-order valence-corrected chi connectivity index (χ0v) is 15.4. The van der Waals surface area contributed by atoms with E-state index in [1.54, 1.807) is 11.7 Å². The Kier molecular flexibility index (Phi) is 4.75. The number of carbonyl (C=O) groups is 1. The summed E-state index contributed by atoms with van der Waals surface area (Å²) in [5.41, 5.74) is 3.13. The van der Waals surface area contributed by atoms with Crippen LogP contribution in [0.3, 0.4) is 0 Å². The number of nitrogens with zero attached hydrogens (tertiary/aromatic N) is 4. The first-order valence-electron chi connectivity index (χ1n) is 9.35. The quantitative estimate of drug-likeness (QED) is 0.747. The van der Waals surface area contributed by atoms with Gasteiger partial charge in [0.2, 0.25) is 5.91 Å². The second kappa shape index (κ2) is 7.34. The fourth-order valence-corrected chi connectivity index (χ4v) is 3.84. The molecule has 1 N–H and O–H groups in total. The summed E-state index contributed by atoms with van der Waals surface area (Å²) < 4.78 is 3.04. The van der Waals surface area contributed by atoms with Crippen LogP contribution in [0.2, 0.25) is 0 Å². The summed E-state index contributed by atoms with van der Waals surface area (Å²) in [6, 6.07) is 8.48. The summed E-state index contributed by atoms with van der Waals surface area (Å²) in [6.45, 7) is 0.953. The van der Waals surface area contributed by atoms with Gasteiger partial charge in [-0.15, -0.1) is 0 Å². The molecule has 1 aromatic carbocycles. The van der Waals surface area contributed by atoms with Gasteiger partial charge in [-0.25, -0.2) is 4.98 Å². The smallest absolute Gasteiger partial charge is 0.264 e. The predicted molar refractivity (Wildman–Crippen MR) is 103 cm³/mol. The third-order valence-electron chi connectivity index (χ3n) is 5.34. The Morgan fingerprint density at radius 2 is 2.19 bits per heavy atom. The molecule has 0 aliphatic heterocycles. The number of benzene rings is 1. The molecule has 27 heavy (non-hydrogen) atoms. The van der Waals surface area contributed by atoms with Crippen LogP contribution in [-0.2, 0) is 24.8 Å². The highest BCUT2D eigenvalue weighted by atomic mass is 16.1. The number of aryl methyl sites for hydroxylation is 3. The van der Waals surface area contributed by atoms with Crippen molar-refractivity contribution >= 4 is 16.9 Å². The lowest BCUT2D eigenvalue weighted by molar-refractivity contribution is -0.121. The van der Waals surface area contributed by atoms with Crippen molar-refractivity contribution in [1.29, 1.82) is 0 Å². The number of nitrogens with one attached hydrogen (secondary N) is 1. The molecular weight excluding hydrogens is 342 g/mol. The first-order chi connectivity index (χ1) is 13.1. The molecule has 140 valence electrons. The third-order valence-corrected chi connectivity index (χ3v) is 5.34. The van der Waals surface area contributed by atoms with Gasteiger partial charge in [-0.3, -0.25) is 18.8 Å². The van der Waals surface area contributed by atoms with Gasteiger partial charge in [-0.1, -0.05) is 24.3 Å². The van der Waals surface area contributed by atoms with Crippen molar-refractivity contribution in [2.45, 2.75) is 38.1 Å². The molecule has 0 fully saturated rings. The highest BCUT2D eigenvalue weighted by Crippen LogP contribution is 2.30. The van der Waals surface area contributed by atoms with E-state index < -0.39 is 0 Å². The average Bonchev–Trinajstić information content (AvgIpc) is 3.07. The van der Waals surface area contributed by atoms with E-state index in [0.29, 0.717) is 30.0 Å². The molecule has 0 spiro atoms. The maximum absolute atomic E-state index is 12.4. The normalized spacial score (nSPS) is 16.3. The molecular formula is C20H23N5O2. The molecule has 0 bridgehead atoms. The lowest BCUT2D eigenvalue weighted by Gasteiger charge is -2.25. The van der Waals surface area contributed by atoms with Gasteiger partial charge in [0, 0.05) is 32.5 Å². The van der Waals surface area contributed by atoms with Crippen LogP contribution in [0.15, 0.2) is 41.6 Å². The monoisotopic (exact) mass is 365 g/mol. The zero-order valence-electron chi connectivity index (χ0n) is 15.4. The molecule has 1 unspecified atom stereocenters. The van der Waals surface area contributed by atoms with E-state index in [0.717, 1.165) is 19.3 Å². The van der Waals surface area contributed by atoms with E-state index in [1.807, 2.05) is 0 Å². The predicted octanol–water partition coefficient (Wildman–Crippen LogP) is 1.76. The number of fused-ring (bicyclic) bond motifs is 2. The van der Waals surface area contributed by atoms with Gasteiger partial charge >= 0.3 is 0 Å². The van der Waals surface area contributed by atoms with Gasteiger partial charge in [0.15, 0.2) is 5.65 Å². The van der Waals surface area contributed by atoms with Crippen molar-refractivity contribution in [2.75, 3.05) is 6.54 Å². The molecule has 7 nitrogen and oxygen atoms in total. The molecule has 1 amide bonds. The van der Waals surface area contributed by atoms with Crippen LogP contribution < -0.4 is 10.9 Å². The number of hydrogen-bond acceptors (Lipinski definition) is 4. The molecule has 1 atom stereocenters. The minimum Gasteiger partial charge on any atom is -0.355 e. The first-order valence-corrected chi connectivity index (χ1v) is 9.35. The van der Waals surface area contributed by atoms with Crippen LogP contribution in [0, 0.1) is 0 Å². The van der Waals surface area contributed by atoms with Gasteiger partial charge in [0.25, 0.3) is 5.56 Å². The van der Waals surface area contributed by atoms with Crippen LogP contribution >= 0.6 is 0 Å². The van der Waals surface area contributed by atoms with E-state index in [4.69, 9.17) is 0 Å². The Bertz CT molecular complexity index is 1040. The van der Waals surface area contributed by atoms with Gasteiger partial charge in [-0.05, 0) is 30.4 Å². The van der Waals surface area contributed by atoms with E-state index in [2.05, 4.69) is 39.7 Å². The van der Waals surface area contributed by atoms with Gasteiger partial charge in [0.05, 0.1) is 12.5 Å². The molecule has 0 saturated carbocycles. The molecule has 4 rings (SSSR count). The maximum Gasteiger partial charge on any atom is 0.264 e. The number of carbonyl (C=O) groups excluding carboxylic acids is 1. The number of amides is 1. The number of rotatable bonds is 5. The van der Waals surface area contributed by atoms with Crippen LogP contribution in [0.4, 0.5) is 0 Å². The van der Waals surface area contributed by atoms with Crippen LogP contribution in [-0.4, -0.2) is 31.8 Å². The minimum absolute atomic E-state index is 0.0451. The molecule has 0 radical (unpaired) electrons. The van der Waals surface area contributed by atoms with Crippen molar-refractivity contribution in [3.8, 4) is 0 Å². The number of hydrogen-bond donors (Lipinski definition) is 1. The summed E-state index contributed by atoms with van der Waals surface area (Å²) in [6.07, 6.45) is 6.62. The third kappa shape index (κ3) is 3.49. The summed E-state index contributed by atoms with van der Waals surface area (Å²) in [4.78, 5) is 29.0. The minimum atomic E-state index is -0.165. The lowest BCUT2D eigenvalue weighted by atomic mass is 9.83. The number of aromatic nitrogens is 4. The van der Waals surface area contributed by atoms with Gasteiger partial charge in [-0.2, -0.15) is 5.10 Å². The molecule has 1 aliphatic rings. The highest BCUT2D eigenvalue weighted by Gasteiger charge is 2.20. The first kappa shape index (κ1) is 17.5. The van der Waals surface area contributed by atoms with Crippen molar-refractivity contribution in [2.24, 2.45) is 7.05 Å². The SMILES string of the molecule is Cn1ncc2c(=O)n(CCC(=O)NCC3CCCc4ccccc43)cnc21. The molecule has 2 aromatic heterocycles. The van der Waals surface area contributed by atoms with Crippen molar-refractivity contribution in [1.82, 2.24) is 24.6 Å². The van der Waals surface area contributed by atoms with Crippen LogP contribution in [0.25, 0.3) is 11.0 Å². The molecule has 2 heterocycles. The molecule has 7 heteroatoms. The Morgan fingerprint density at radius 3 is 3.07 bits per heavy atom. The standard InChI is InChI=1S/C20H23N5O2/c1-24-19-17(12-23-24)20(27)25(13-22-19)10-9-18(26)21-11-15-7-4-6-14-5-2-3-8-16(14)15/h2-3,5,8,12-13,15H,4,6-7,9-11H2,1H3,(H,21,26). The van der Waals surface area contributed by atoms with Gasteiger partial charge < -0.3 is 5.32 Å². The summed E-state index contributed by atoms with van der Waals surface area (Å²) in [5, 5.41) is 7.56.